The summed E-state index contributed by atoms with van der Waals surface area (Å²) < 4.78 is 5.47. The van der Waals surface area contributed by atoms with Crippen molar-refractivity contribution in [2.75, 3.05) is 20.2 Å². The highest BCUT2D eigenvalue weighted by molar-refractivity contribution is 5.36. The summed E-state index contributed by atoms with van der Waals surface area (Å²) in [7, 11) is 1.73. The summed E-state index contributed by atoms with van der Waals surface area (Å²) in [5, 5.41) is 0. The van der Waals surface area contributed by atoms with Crippen molar-refractivity contribution in [2.45, 2.75) is 46.2 Å². The summed E-state index contributed by atoms with van der Waals surface area (Å²) in [6.45, 7) is 11.3. The molecule has 19 heavy (non-hydrogen) atoms. The molecular formula is C16H28N2O. The Bertz CT molecular complexity index is 400. The lowest BCUT2D eigenvalue weighted by Crippen LogP contribution is -2.50. The average molecular weight is 264 g/mol. The molecule has 3 nitrogen and oxygen atoms in total. The smallest absolute Gasteiger partial charge is 0.123 e. The van der Waals surface area contributed by atoms with E-state index in [0.29, 0.717) is 6.54 Å². The van der Waals surface area contributed by atoms with Gasteiger partial charge in [0.25, 0.3) is 0 Å². The number of nitrogens with two attached hydrogens (primary N) is 1. The van der Waals surface area contributed by atoms with Gasteiger partial charge in [-0.25, -0.2) is 0 Å². The van der Waals surface area contributed by atoms with Crippen LogP contribution in [0.25, 0.3) is 0 Å². The van der Waals surface area contributed by atoms with Crippen LogP contribution < -0.4 is 10.5 Å². The van der Waals surface area contributed by atoms with Crippen LogP contribution in [0.3, 0.4) is 0 Å². The van der Waals surface area contributed by atoms with Crippen molar-refractivity contribution in [3.05, 3.63) is 29.3 Å². The van der Waals surface area contributed by atoms with Gasteiger partial charge in [0.05, 0.1) is 7.11 Å². The third kappa shape index (κ3) is 3.71. The van der Waals surface area contributed by atoms with Gasteiger partial charge in [-0.1, -0.05) is 31.5 Å². The van der Waals surface area contributed by atoms with E-state index in [1.165, 1.54) is 11.1 Å². The SMILES string of the molecule is CCN(Cc1cc(C)ccc1OC)C(C)(CC)CN. The molecule has 1 atom stereocenters. The molecule has 1 aromatic rings. The van der Waals surface area contributed by atoms with Gasteiger partial charge in [-0.2, -0.15) is 0 Å². The Morgan fingerprint density at radius 1 is 1.32 bits per heavy atom. The highest BCUT2D eigenvalue weighted by atomic mass is 16.5. The summed E-state index contributed by atoms with van der Waals surface area (Å²) in [5.74, 6) is 0.958. The molecule has 0 bridgehead atoms. The molecule has 0 aliphatic carbocycles. The van der Waals surface area contributed by atoms with Crippen LogP contribution in [0.2, 0.25) is 0 Å². The lowest BCUT2D eigenvalue weighted by atomic mass is 9.95. The molecule has 3 heteroatoms. The van der Waals surface area contributed by atoms with Crippen LogP contribution in [-0.2, 0) is 6.54 Å². The zero-order valence-corrected chi connectivity index (χ0v) is 13.0. The summed E-state index contributed by atoms with van der Waals surface area (Å²) in [6, 6.07) is 6.33. The number of hydrogen-bond acceptors (Lipinski definition) is 3. The zero-order valence-electron chi connectivity index (χ0n) is 13.0. The Kier molecular flexibility index (Phi) is 5.83. The van der Waals surface area contributed by atoms with E-state index >= 15 is 0 Å². The molecule has 1 rings (SSSR count). The summed E-state index contributed by atoms with van der Waals surface area (Å²) >= 11 is 0. The van der Waals surface area contributed by atoms with Gasteiger partial charge in [-0.05, 0) is 32.9 Å². The molecule has 108 valence electrons. The molecule has 0 radical (unpaired) electrons. The number of benzene rings is 1. The van der Waals surface area contributed by atoms with Gasteiger partial charge in [-0.15, -0.1) is 0 Å². The van der Waals surface area contributed by atoms with Crippen LogP contribution >= 0.6 is 0 Å². The minimum atomic E-state index is 0.0451. The Balaban J connectivity index is 3.01. The van der Waals surface area contributed by atoms with Gasteiger partial charge in [0.1, 0.15) is 5.75 Å². The van der Waals surface area contributed by atoms with Gasteiger partial charge in [0.15, 0.2) is 0 Å². The monoisotopic (exact) mass is 264 g/mol. The number of methoxy groups -OCH3 is 1. The van der Waals surface area contributed by atoms with Crippen molar-refractivity contribution in [3.8, 4) is 5.75 Å². The highest BCUT2D eigenvalue weighted by Crippen LogP contribution is 2.26. The van der Waals surface area contributed by atoms with Gasteiger partial charge < -0.3 is 10.5 Å². The largest absolute Gasteiger partial charge is 0.496 e. The number of rotatable bonds is 7. The minimum Gasteiger partial charge on any atom is -0.496 e. The van der Waals surface area contributed by atoms with E-state index in [1.807, 2.05) is 6.07 Å². The molecular weight excluding hydrogens is 236 g/mol. The van der Waals surface area contributed by atoms with Crippen LogP contribution in [0.5, 0.6) is 5.75 Å². The van der Waals surface area contributed by atoms with Crippen molar-refractivity contribution in [1.82, 2.24) is 4.90 Å². The Labute approximate surface area is 117 Å². The highest BCUT2D eigenvalue weighted by Gasteiger charge is 2.28. The minimum absolute atomic E-state index is 0.0451. The fourth-order valence-corrected chi connectivity index (χ4v) is 2.42. The second kappa shape index (κ2) is 6.92. The summed E-state index contributed by atoms with van der Waals surface area (Å²) in [5.41, 5.74) is 8.52. The van der Waals surface area contributed by atoms with Gasteiger partial charge in [-0.3, -0.25) is 4.90 Å². The van der Waals surface area contributed by atoms with E-state index in [0.717, 1.165) is 25.3 Å². The van der Waals surface area contributed by atoms with Crippen molar-refractivity contribution < 1.29 is 4.74 Å². The topological polar surface area (TPSA) is 38.5 Å². The van der Waals surface area contributed by atoms with Crippen LogP contribution in [0.1, 0.15) is 38.3 Å². The van der Waals surface area contributed by atoms with E-state index in [2.05, 4.69) is 44.7 Å². The van der Waals surface area contributed by atoms with E-state index in [-0.39, 0.29) is 5.54 Å². The molecule has 0 aliphatic heterocycles. The molecule has 0 saturated carbocycles. The standard InChI is InChI=1S/C16H28N2O/c1-6-16(4,12-17)18(7-2)11-14-10-13(3)8-9-15(14)19-5/h8-10H,6-7,11-12,17H2,1-5H3. The number of ether oxygens (including phenoxy) is 1. The third-order valence-electron chi connectivity index (χ3n) is 4.14. The fraction of sp³-hybridized carbons (Fsp3) is 0.625. The molecule has 1 unspecified atom stereocenters. The number of aryl methyl sites for hydroxylation is 1. The quantitative estimate of drug-likeness (QED) is 0.823. The maximum absolute atomic E-state index is 5.98. The maximum Gasteiger partial charge on any atom is 0.123 e. The first-order chi connectivity index (χ1) is 9.00. The molecule has 2 N–H and O–H groups in total. The third-order valence-corrected chi connectivity index (χ3v) is 4.14. The fourth-order valence-electron chi connectivity index (χ4n) is 2.42. The molecule has 0 amide bonds. The van der Waals surface area contributed by atoms with Crippen molar-refractivity contribution in [1.29, 1.82) is 0 Å². The summed E-state index contributed by atoms with van der Waals surface area (Å²) in [4.78, 5) is 2.43. The van der Waals surface area contributed by atoms with Gasteiger partial charge in [0.2, 0.25) is 0 Å². The first-order valence-corrected chi connectivity index (χ1v) is 7.09. The number of nitrogens with zero attached hydrogens (tertiary/aromatic N) is 1. The molecule has 0 saturated heterocycles. The normalized spacial score (nSPS) is 14.5. The lowest BCUT2D eigenvalue weighted by Gasteiger charge is -2.39. The molecule has 0 heterocycles. The average Bonchev–Trinajstić information content (AvgIpc) is 2.44. The molecule has 0 spiro atoms. The molecule has 0 fully saturated rings. The molecule has 0 aromatic heterocycles. The van der Waals surface area contributed by atoms with Crippen LogP contribution in [0.4, 0.5) is 0 Å². The van der Waals surface area contributed by atoms with Crippen molar-refractivity contribution in [3.63, 3.8) is 0 Å². The van der Waals surface area contributed by atoms with E-state index in [4.69, 9.17) is 10.5 Å². The Hall–Kier alpha value is -1.06. The molecule has 1 aromatic carbocycles. The van der Waals surface area contributed by atoms with E-state index in [9.17, 15) is 0 Å². The van der Waals surface area contributed by atoms with Crippen LogP contribution in [0, 0.1) is 6.92 Å². The Morgan fingerprint density at radius 3 is 2.47 bits per heavy atom. The van der Waals surface area contributed by atoms with Crippen molar-refractivity contribution in [2.24, 2.45) is 5.73 Å². The zero-order chi connectivity index (χ0) is 14.5. The molecule has 0 aliphatic rings. The van der Waals surface area contributed by atoms with Crippen LogP contribution in [-0.4, -0.2) is 30.6 Å². The van der Waals surface area contributed by atoms with E-state index in [1.54, 1.807) is 7.11 Å². The summed E-state index contributed by atoms with van der Waals surface area (Å²) in [6.07, 6.45) is 1.05. The van der Waals surface area contributed by atoms with Crippen molar-refractivity contribution >= 4 is 0 Å². The second-order valence-electron chi connectivity index (χ2n) is 5.38. The number of likely N-dealkylation sites (N-methyl/N-ethyl adjacent to an activating group) is 1. The second-order valence-corrected chi connectivity index (χ2v) is 5.38. The predicted molar refractivity (Wildman–Crippen MR) is 81.6 cm³/mol. The first-order valence-electron chi connectivity index (χ1n) is 7.09. The maximum atomic E-state index is 5.98. The number of hydrogen-bond donors (Lipinski definition) is 1. The lowest BCUT2D eigenvalue weighted by molar-refractivity contribution is 0.103. The van der Waals surface area contributed by atoms with E-state index < -0.39 is 0 Å². The Morgan fingerprint density at radius 2 is 2.00 bits per heavy atom. The van der Waals surface area contributed by atoms with Gasteiger partial charge in [0, 0.05) is 24.2 Å². The first kappa shape index (κ1) is 16.0. The predicted octanol–water partition coefficient (Wildman–Crippen LogP) is 2.95. The van der Waals surface area contributed by atoms with Gasteiger partial charge >= 0.3 is 0 Å². The van der Waals surface area contributed by atoms with Crippen LogP contribution in [0.15, 0.2) is 18.2 Å².